The number of nitrogens with two attached hydrogens (primary N) is 1. The molecule has 1 aromatic heterocycles. The third kappa shape index (κ3) is 4.16. The Kier molecular flexibility index (Phi) is 5.14. The van der Waals surface area contributed by atoms with Crippen LogP contribution in [0.5, 0.6) is 0 Å². The van der Waals surface area contributed by atoms with E-state index in [-0.39, 0.29) is 0 Å². The second-order valence-corrected chi connectivity index (χ2v) is 5.94. The van der Waals surface area contributed by atoms with Crippen molar-refractivity contribution in [2.24, 2.45) is 5.84 Å². The Morgan fingerprint density at radius 1 is 1.16 bits per heavy atom. The number of benzene rings is 1. The summed E-state index contributed by atoms with van der Waals surface area (Å²) in [5.41, 5.74) is 8.42. The monoisotopic (exact) mass is 274 g/mol. The summed E-state index contributed by atoms with van der Waals surface area (Å²) in [6.45, 7) is 4.31. The van der Waals surface area contributed by atoms with Crippen molar-refractivity contribution in [3.05, 3.63) is 57.3 Å². The topological polar surface area (TPSA) is 38.0 Å². The Morgan fingerprint density at radius 3 is 2.63 bits per heavy atom. The molecule has 102 valence electrons. The minimum absolute atomic E-state index is 0.335. The SMILES string of the molecule is Cc1ccc(CC(CCc2ccsc2)NN)cc1C. The van der Waals surface area contributed by atoms with Crippen LogP contribution in [0.25, 0.3) is 0 Å². The van der Waals surface area contributed by atoms with Gasteiger partial charge in [-0.25, -0.2) is 0 Å². The third-order valence-electron chi connectivity index (χ3n) is 3.65. The average Bonchev–Trinajstić information content (AvgIpc) is 2.92. The Labute approximate surface area is 119 Å². The molecule has 3 N–H and O–H groups in total. The summed E-state index contributed by atoms with van der Waals surface area (Å²) < 4.78 is 0. The van der Waals surface area contributed by atoms with Crippen LogP contribution in [0, 0.1) is 13.8 Å². The number of hydrazine groups is 1. The van der Waals surface area contributed by atoms with E-state index in [0.29, 0.717) is 6.04 Å². The van der Waals surface area contributed by atoms with Gasteiger partial charge in [0.15, 0.2) is 0 Å². The molecule has 0 aliphatic rings. The molecule has 2 nitrogen and oxygen atoms in total. The molecule has 3 heteroatoms. The van der Waals surface area contributed by atoms with Crippen molar-refractivity contribution in [2.45, 2.75) is 39.2 Å². The Hall–Kier alpha value is -1.16. The number of hydrogen-bond donors (Lipinski definition) is 2. The van der Waals surface area contributed by atoms with Gasteiger partial charge in [0, 0.05) is 6.04 Å². The van der Waals surface area contributed by atoms with Crippen LogP contribution in [0.2, 0.25) is 0 Å². The molecule has 2 rings (SSSR count). The predicted octanol–water partition coefficient (Wildman–Crippen LogP) is 3.37. The van der Waals surface area contributed by atoms with Crippen molar-refractivity contribution in [1.29, 1.82) is 0 Å². The Balaban J connectivity index is 1.92. The molecule has 1 atom stereocenters. The summed E-state index contributed by atoms with van der Waals surface area (Å²) >= 11 is 1.75. The number of rotatable bonds is 6. The lowest BCUT2D eigenvalue weighted by molar-refractivity contribution is 0.491. The first-order valence-corrected chi connectivity index (χ1v) is 7.66. The van der Waals surface area contributed by atoms with Gasteiger partial charge in [-0.2, -0.15) is 11.3 Å². The zero-order valence-corrected chi connectivity index (χ0v) is 12.5. The maximum absolute atomic E-state index is 5.68. The van der Waals surface area contributed by atoms with Crippen molar-refractivity contribution in [2.75, 3.05) is 0 Å². The number of aryl methyl sites for hydroxylation is 3. The van der Waals surface area contributed by atoms with Crippen molar-refractivity contribution < 1.29 is 0 Å². The van der Waals surface area contributed by atoms with Crippen LogP contribution in [-0.4, -0.2) is 6.04 Å². The first-order chi connectivity index (χ1) is 9.19. The van der Waals surface area contributed by atoms with Gasteiger partial charge >= 0.3 is 0 Å². The lowest BCUT2D eigenvalue weighted by Gasteiger charge is -2.16. The maximum atomic E-state index is 5.68. The number of hydrogen-bond acceptors (Lipinski definition) is 3. The molecule has 1 unspecified atom stereocenters. The van der Waals surface area contributed by atoms with E-state index >= 15 is 0 Å². The van der Waals surface area contributed by atoms with E-state index in [1.165, 1.54) is 22.3 Å². The highest BCUT2D eigenvalue weighted by Crippen LogP contribution is 2.15. The molecule has 0 saturated carbocycles. The molecule has 0 aliphatic heterocycles. The lowest BCUT2D eigenvalue weighted by atomic mass is 9.98. The summed E-state index contributed by atoms with van der Waals surface area (Å²) in [7, 11) is 0. The highest BCUT2D eigenvalue weighted by atomic mass is 32.1. The van der Waals surface area contributed by atoms with Crippen molar-refractivity contribution in [3.8, 4) is 0 Å². The van der Waals surface area contributed by atoms with Crippen LogP contribution in [-0.2, 0) is 12.8 Å². The first-order valence-electron chi connectivity index (χ1n) is 6.72. The van der Waals surface area contributed by atoms with Crippen LogP contribution in [0.3, 0.4) is 0 Å². The van der Waals surface area contributed by atoms with Crippen LogP contribution in [0.4, 0.5) is 0 Å². The van der Waals surface area contributed by atoms with Crippen LogP contribution >= 0.6 is 11.3 Å². The smallest absolute Gasteiger partial charge is 0.0254 e. The summed E-state index contributed by atoms with van der Waals surface area (Å²) in [5, 5.41) is 4.34. The fraction of sp³-hybridized carbons (Fsp3) is 0.375. The zero-order chi connectivity index (χ0) is 13.7. The molecule has 0 saturated heterocycles. The van der Waals surface area contributed by atoms with Gasteiger partial charge in [0.2, 0.25) is 0 Å². The van der Waals surface area contributed by atoms with Crippen LogP contribution in [0.15, 0.2) is 35.0 Å². The molecule has 0 spiro atoms. The van der Waals surface area contributed by atoms with Gasteiger partial charge in [-0.15, -0.1) is 0 Å². The minimum atomic E-state index is 0.335. The molecule has 0 aliphatic carbocycles. The number of nitrogens with one attached hydrogen (secondary N) is 1. The normalized spacial score (nSPS) is 12.6. The predicted molar refractivity (Wildman–Crippen MR) is 83.4 cm³/mol. The lowest BCUT2D eigenvalue weighted by Crippen LogP contribution is -2.37. The first kappa shape index (κ1) is 14.3. The molecule has 0 amide bonds. The standard InChI is InChI=1S/C16H22N2S/c1-12-3-4-15(9-13(12)2)10-16(18-17)6-5-14-7-8-19-11-14/h3-4,7-9,11,16,18H,5-6,10,17H2,1-2H3. The summed E-state index contributed by atoms with van der Waals surface area (Å²) in [6.07, 6.45) is 3.14. The van der Waals surface area contributed by atoms with Gasteiger partial charge < -0.3 is 0 Å². The van der Waals surface area contributed by atoms with Gasteiger partial charge in [-0.05, 0) is 72.2 Å². The molecule has 19 heavy (non-hydrogen) atoms. The van der Waals surface area contributed by atoms with Gasteiger partial charge in [0.25, 0.3) is 0 Å². The molecule has 0 bridgehead atoms. The van der Waals surface area contributed by atoms with Crippen LogP contribution in [0.1, 0.15) is 28.7 Å². The molecule has 1 aromatic carbocycles. The van der Waals surface area contributed by atoms with Crippen LogP contribution < -0.4 is 11.3 Å². The van der Waals surface area contributed by atoms with E-state index in [0.717, 1.165) is 19.3 Å². The molecule has 0 fully saturated rings. The fourth-order valence-corrected chi connectivity index (χ4v) is 2.94. The number of thiophene rings is 1. The zero-order valence-electron chi connectivity index (χ0n) is 11.6. The third-order valence-corrected chi connectivity index (χ3v) is 4.38. The quantitative estimate of drug-likeness (QED) is 0.626. The second-order valence-electron chi connectivity index (χ2n) is 5.16. The molecule has 0 radical (unpaired) electrons. The van der Waals surface area contributed by atoms with Gasteiger partial charge in [0.1, 0.15) is 0 Å². The largest absolute Gasteiger partial charge is 0.271 e. The van der Waals surface area contributed by atoms with Gasteiger partial charge in [-0.1, -0.05) is 18.2 Å². The summed E-state index contributed by atoms with van der Waals surface area (Å²) in [5.74, 6) is 5.68. The molecule has 1 heterocycles. The van der Waals surface area contributed by atoms with E-state index in [4.69, 9.17) is 5.84 Å². The van der Waals surface area contributed by atoms with E-state index < -0.39 is 0 Å². The van der Waals surface area contributed by atoms with Crippen molar-refractivity contribution >= 4 is 11.3 Å². The summed E-state index contributed by atoms with van der Waals surface area (Å²) in [6, 6.07) is 9.19. The minimum Gasteiger partial charge on any atom is -0.271 e. The molecule has 2 aromatic rings. The second kappa shape index (κ2) is 6.85. The van der Waals surface area contributed by atoms with E-state index in [1.54, 1.807) is 11.3 Å². The molecular formula is C16H22N2S. The van der Waals surface area contributed by atoms with E-state index in [2.05, 4.69) is 54.3 Å². The fourth-order valence-electron chi connectivity index (χ4n) is 2.24. The van der Waals surface area contributed by atoms with Gasteiger partial charge in [-0.3, -0.25) is 11.3 Å². The van der Waals surface area contributed by atoms with E-state index in [9.17, 15) is 0 Å². The highest BCUT2D eigenvalue weighted by molar-refractivity contribution is 7.07. The van der Waals surface area contributed by atoms with Gasteiger partial charge in [0.05, 0.1) is 0 Å². The van der Waals surface area contributed by atoms with Crippen molar-refractivity contribution in [3.63, 3.8) is 0 Å². The highest BCUT2D eigenvalue weighted by Gasteiger charge is 2.09. The summed E-state index contributed by atoms with van der Waals surface area (Å²) in [4.78, 5) is 0. The molecular weight excluding hydrogens is 252 g/mol. The van der Waals surface area contributed by atoms with Crippen molar-refractivity contribution in [1.82, 2.24) is 5.43 Å². The van der Waals surface area contributed by atoms with E-state index in [1.807, 2.05) is 0 Å². The Bertz CT molecular complexity index is 505. The maximum Gasteiger partial charge on any atom is 0.0254 e. The Morgan fingerprint density at radius 2 is 2.00 bits per heavy atom. The average molecular weight is 274 g/mol.